The van der Waals surface area contributed by atoms with E-state index in [1.807, 2.05) is 17.0 Å². The molecular weight excluding hydrogens is 284 g/mol. The molecule has 0 spiro atoms. The molecule has 1 amide bonds. The molecule has 0 bridgehead atoms. The topological polar surface area (TPSA) is 55.2 Å². The number of carbonyl (C=O) groups is 1. The molecule has 1 atom stereocenters. The van der Waals surface area contributed by atoms with E-state index in [0.29, 0.717) is 19.7 Å². The second kappa shape index (κ2) is 7.76. The molecule has 6 heteroatoms. The number of nitrogens with zero attached hydrogens (tertiary/aromatic N) is 2. The number of morpholine rings is 1. The third-order valence-corrected chi connectivity index (χ3v) is 4.23. The van der Waals surface area contributed by atoms with Crippen molar-refractivity contribution in [3.05, 3.63) is 24.2 Å². The van der Waals surface area contributed by atoms with Gasteiger partial charge in [0.25, 0.3) is 5.91 Å². The van der Waals surface area contributed by atoms with E-state index in [4.69, 9.17) is 13.9 Å². The van der Waals surface area contributed by atoms with Gasteiger partial charge in [-0.3, -0.25) is 9.69 Å². The Morgan fingerprint density at radius 3 is 2.86 bits per heavy atom. The van der Waals surface area contributed by atoms with Crippen LogP contribution in [0.25, 0.3) is 0 Å². The molecule has 0 N–H and O–H groups in total. The molecule has 1 aromatic rings. The monoisotopic (exact) mass is 308 g/mol. The van der Waals surface area contributed by atoms with Gasteiger partial charge in [0.2, 0.25) is 0 Å². The van der Waals surface area contributed by atoms with Crippen LogP contribution in [0.3, 0.4) is 0 Å². The highest BCUT2D eigenvalue weighted by molar-refractivity contribution is 5.81. The van der Waals surface area contributed by atoms with Gasteiger partial charge in [0, 0.05) is 32.8 Å². The van der Waals surface area contributed by atoms with Gasteiger partial charge in [0.15, 0.2) is 0 Å². The molecule has 2 saturated heterocycles. The predicted molar refractivity (Wildman–Crippen MR) is 80.4 cm³/mol. The Morgan fingerprint density at radius 2 is 2.18 bits per heavy atom. The minimum Gasteiger partial charge on any atom is -0.467 e. The van der Waals surface area contributed by atoms with Crippen molar-refractivity contribution in [3.8, 4) is 0 Å². The van der Waals surface area contributed by atoms with Crippen molar-refractivity contribution < 1.29 is 18.7 Å². The normalized spacial score (nSPS) is 22.8. The van der Waals surface area contributed by atoms with Gasteiger partial charge in [-0.15, -0.1) is 0 Å². The van der Waals surface area contributed by atoms with Crippen LogP contribution in [0.5, 0.6) is 0 Å². The van der Waals surface area contributed by atoms with Gasteiger partial charge in [0.05, 0.1) is 26.0 Å². The fourth-order valence-electron chi connectivity index (χ4n) is 2.92. The van der Waals surface area contributed by atoms with Crippen LogP contribution in [-0.4, -0.2) is 67.8 Å². The van der Waals surface area contributed by atoms with Crippen molar-refractivity contribution in [3.63, 3.8) is 0 Å². The van der Waals surface area contributed by atoms with Gasteiger partial charge >= 0.3 is 0 Å². The average molecular weight is 308 g/mol. The Bertz CT molecular complexity index is 451. The largest absolute Gasteiger partial charge is 0.467 e. The van der Waals surface area contributed by atoms with Gasteiger partial charge in [0.1, 0.15) is 11.9 Å². The molecular formula is C16H24N2O4. The number of furan rings is 1. The first-order valence-corrected chi connectivity index (χ1v) is 8.06. The lowest BCUT2D eigenvalue weighted by Crippen LogP contribution is -2.45. The second-order valence-corrected chi connectivity index (χ2v) is 5.79. The number of rotatable bonds is 6. The van der Waals surface area contributed by atoms with Crippen molar-refractivity contribution in [2.24, 2.45) is 0 Å². The molecule has 6 nitrogen and oxygen atoms in total. The summed E-state index contributed by atoms with van der Waals surface area (Å²) in [6.45, 7) is 6.17. The highest BCUT2D eigenvalue weighted by Crippen LogP contribution is 2.17. The molecule has 1 aromatic heterocycles. The smallest absolute Gasteiger partial charge is 0.252 e. The molecule has 0 aromatic carbocycles. The zero-order valence-corrected chi connectivity index (χ0v) is 12.9. The lowest BCUT2D eigenvalue weighted by molar-refractivity contribution is -0.142. The zero-order chi connectivity index (χ0) is 15.2. The summed E-state index contributed by atoms with van der Waals surface area (Å²) >= 11 is 0. The van der Waals surface area contributed by atoms with Crippen LogP contribution < -0.4 is 0 Å². The summed E-state index contributed by atoms with van der Waals surface area (Å²) in [6.07, 6.45) is 3.16. The van der Waals surface area contributed by atoms with Gasteiger partial charge in [-0.1, -0.05) is 0 Å². The van der Waals surface area contributed by atoms with Crippen LogP contribution in [-0.2, 0) is 20.8 Å². The lowest BCUT2D eigenvalue weighted by Gasteiger charge is -2.30. The first kappa shape index (κ1) is 15.5. The van der Waals surface area contributed by atoms with Crippen LogP contribution >= 0.6 is 0 Å². The van der Waals surface area contributed by atoms with Gasteiger partial charge in [-0.25, -0.2) is 0 Å². The van der Waals surface area contributed by atoms with E-state index >= 15 is 0 Å². The number of carbonyl (C=O) groups excluding carboxylic acids is 1. The Balaban J connectivity index is 1.58. The van der Waals surface area contributed by atoms with Crippen molar-refractivity contribution in [2.75, 3.05) is 46.0 Å². The molecule has 122 valence electrons. The van der Waals surface area contributed by atoms with Gasteiger partial charge in [-0.2, -0.15) is 0 Å². The summed E-state index contributed by atoms with van der Waals surface area (Å²) in [5.74, 6) is 0.899. The number of hydrogen-bond acceptors (Lipinski definition) is 5. The van der Waals surface area contributed by atoms with E-state index in [1.165, 1.54) is 0 Å². The molecule has 3 rings (SSSR count). The summed E-state index contributed by atoms with van der Waals surface area (Å²) in [6, 6.07) is 3.76. The lowest BCUT2D eigenvalue weighted by atomic mass is 10.2. The van der Waals surface area contributed by atoms with E-state index < -0.39 is 0 Å². The number of amides is 1. The summed E-state index contributed by atoms with van der Waals surface area (Å²) in [5, 5.41) is 0. The summed E-state index contributed by atoms with van der Waals surface area (Å²) < 4.78 is 16.3. The molecule has 2 aliphatic rings. The molecule has 3 heterocycles. The minimum atomic E-state index is -0.278. The molecule has 0 saturated carbocycles. The summed E-state index contributed by atoms with van der Waals surface area (Å²) in [7, 11) is 0. The highest BCUT2D eigenvalue weighted by Gasteiger charge is 2.29. The second-order valence-electron chi connectivity index (χ2n) is 5.79. The van der Waals surface area contributed by atoms with Crippen LogP contribution in [0.1, 0.15) is 18.6 Å². The zero-order valence-electron chi connectivity index (χ0n) is 12.9. The third kappa shape index (κ3) is 4.09. The Labute approximate surface area is 131 Å². The van der Waals surface area contributed by atoms with Crippen LogP contribution in [0.15, 0.2) is 22.8 Å². The molecule has 0 aliphatic carbocycles. The van der Waals surface area contributed by atoms with E-state index in [9.17, 15) is 4.79 Å². The maximum atomic E-state index is 12.7. The molecule has 2 fully saturated rings. The van der Waals surface area contributed by atoms with Crippen LogP contribution in [0.4, 0.5) is 0 Å². The first-order chi connectivity index (χ1) is 10.8. The average Bonchev–Trinajstić information content (AvgIpc) is 3.25. The maximum Gasteiger partial charge on any atom is 0.252 e. The molecule has 0 unspecified atom stereocenters. The third-order valence-electron chi connectivity index (χ3n) is 4.23. The van der Waals surface area contributed by atoms with Gasteiger partial charge < -0.3 is 18.8 Å². The van der Waals surface area contributed by atoms with E-state index in [0.717, 1.165) is 51.4 Å². The van der Waals surface area contributed by atoms with E-state index in [1.54, 1.807) is 6.26 Å². The van der Waals surface area contributed by atoms with E-state index in [2.05, 4.69) is 4.90 Å². The number of ether oxygens (including phenoxy) is 2. The fourth-order valence-corrected chi connectivity index (χ4v) is 2.92. The maximum absolute atomic E-state index is 12.7. The minimum absolute atomic E-state index is 0.0853. The van der Waals surface area contributed by atoms with Gasteiger partial charge in [-0.05, 0) is 25.0 Å². The summed E-state index contributed by atoms with van der Waals surface area (Å²) in [5.41, 5.74) is 0. The Kier molecular flexibility index (Phi) is 5.48. The van der Waals surface area contributed by atoms with Crippen molar-refractivity contribution in [2.45, 2.75) is 25.5 Å². The molecule has 22 heavy (non-hydrogen) atoms. The number of hydrogen-bond donors (Lipinski definition) is 0. The van der Waals surface area contributed by atoms with Crippen molar-refractivity contribution in [1.29, 1.82) is 0 Å². The van der Waals surface area contributed by atoms with Crippen molar-refractivity contribution >= 4 is 5.91 Å². The molecule has 2 aliphatic heterocycles. The van der Waals surface area contributed by atoms with Crippen LogP contribution in [0, 0.1) is 0 Å². The highest BCUT2D eigenvalue weighted by atomic mass is 16.5. The van der Waals surface area contributed by atoms with Crippen molar-refractivity contribution in [1.82, 2.24) is 9.80 Å². The summed E-state index contributed by atoms with van der Waals surface area (Å²) in [4.78, 5) is 16.9. The van der Waals surface area contributed by atoms with E-state index in [-0.39, 0.29) is 12.0 Å². The fraction of sp³-hybridized carbons (Fsp3) is 0.688. The SMILES string of the molecule is O=C([C@@H]1CCCO1)N(CCN1CCOCC1)Cc1ccco1. The Hall–Kier alpha value is -1.37. The predicted octanol–water partition coefficient (Wildman–Crippen LogP) is 1.12. The molecule has 0 radical (unpaired) electrons. The van der Waals surface area contributed by atoms with Crippen LogP contribution in [0.2, 0.25) is 0 Å². The first-order valence-electron chi connectivity index (χ1n) is 8.06. The quantitative estimate of drug-likeness (QED) is 0.788. The Morgan fingerprint density at radius 1 is 1.32 bits per heavy atom. The standard InChI is InChI=1S/C16H24N2O4/c19-16(15-4-2-10-22-15)18(13-14-3-1-9-21-14)6-5-17-7-11-20-12-8-17/h1,3,9,15H,2,4-8,10-13H2/t15-/m0/s1.